The fourth-order valence-corrected chi connectivity index (χ4v) is 5.84. The Kier molecular flexibility index (Phi) is 10.1. The molecule has 3 N–H and O–H groups in total. The summed E-state index contributed by atoms with van der Waals surface area (Å²) in [5, 5.41) is 12.7. The number of aliphatic hydroxyl groups excluding tert-OH is 1. The first-order valence-electron chi connectivity index (χ1n) is 13.9. The predicted molar refractivity (Wildman–Crippen MR) is 164 cm³/mol. The number of sulfonamides is 1. The minimum atomic E-state index is -3.86. The lowest BCUT2D eigenvalue weighted by Crippen LogP contribution is -2.48. The van der Waals surface area contributed by atoms with Crippen molar-refractivity contribution in [2.75, 3.05) is 43.9 Å². The first-order valence-corrected chi connectivity index (χ1v) is 15.4. The number of hydrogen-bond acceptors (Lipinski definition) is 7. The Labute approximate surface area is 252 Å². The molecule has 3 amide bonds. The van der Waals surface area contributed by atoms with Crippen molar-refractivity contribution < 1.29 is 32.6 Å². The average molecular weight is 611 g/mol. The number of carbonyl (C=O) groups excluding carboxylic acids is 2. The molecule has 0 bridgehead atoms. The van der Waals surface area contributed by atoms with Crippen LogP contribution in [-0.2, 0) is 21.2 Å². The summed E-state index contributed by atoms with van der Waals surface area (Å²) in [5.74, 6) is 0.629. The molecule has 1 heterocycles. The number of fused-ring (bicyclic) bond motifs is 1. The van der Waals surface area contributed by atoms with Crippen LogP contribution in [0.3, 0.4) is 0 Å². The summed E-state index contributed by atoms with van der Waals surface area (Å²) in [6.07, 6.45) is -0.593. The van der Waals surface area contributed by atoms with Gasteiger partial charge in [0.2, 0.25) is 5.91 Å². The zero-order valence-corrected chi connectivity index (χ0v) is 25.5. The lowest BCUT2D eigenvalue weighted by molar-refractivity contribution is -0.134. The first kappa shape index (κ1) is 31.6. The van der Waals surface area contributed by atoms with E-state index in [9.17, 15) is 23.1 Å². The molecule has 3 aromatic rings. The summed E-state index contributed by atoms with van der Waals surface area (Å²) in [6, 6.07) is 19.0. The summed E-state index contributed by atoms with van der Waals surface area (Å²) in [4.78, 5) is 29.7. The summed E-state index contributed by atoms with van der Waals surface area (Å²) in [6.45, 7) is 3.95. The maximum absolute atomic E-state index is 13.5. The largest absolute Gasteiger partial charge is 0.497 e. The van der Waals surface area contributed by atoms with Crippen molar-refractivity contribution in [3.63, 3.8) is 0 Å². The second-order valence-corrected chi connectivity index (χ2v) is 12.4. The van der Waals surface area contributed by atoms with E-state index < -0.39 is 22.2 Å². The van der Waals surface area contributed by atoms with E-state index in [0.717, 1.165) is 0 Å². The van der Waals surface area contributed by atoms with Gasteiger partial charge in [-0.2, -0.15) is 0 Å². The second-order valence-electron chi connectivity index (χ2n) is 10.7. The van der Waals surface area contributed by atoms with Gasteiger partial charge in [-0.1, -0.05) is 25.1 Å². The normalized spacial score (nSPS) is 17.8. The molecule has 0 radical (unpaired) electrons. The molecule has 0 aromatic heterocycles. The van der Waals surface area contributed by atoms with Crippen molar-refractivity contribution in [1.29, 1.82) is 0 Å². The van der Waals surface area contributed by atoms with E-state index in [2.05, 4.69) is 10.0 Å². The van der Waals surface area contributed by atoms with E-state index in [-0.39, 0.29) is 48.0 Å². The van der Waals surface area contributed by atoms with Crippen molar-refractivity contribution in [3.05, 3.63) is 78.4 Å². The van der Waals surface area contributed by atoms with Crippen LogP contribution >= 0.6 is 0 Å². The zero-order valence-electron chi connectivity index (χ0n) is 24.7. The third-order valence-corrected chi connectivity index (χ3v) is 8.76. The number of hydrogen-bond donors (Lipinski definition) is 3. The lowest BCUT2D eigenvalue weighted by atomic mass is 10.0. The third kappa shape index (κ3) is 7.96. The second kappa shape index (κ2) is 13.8. The topological polar surface area (TPSA) is 138 Å². The van der Waals surface area contributed by atoms with Gasteiger partial charge in [0.15, 0.2) is 0 Å². The van der Waals surface area contributed by atoms with Gasteiger partial charge in [0.25, 0.3) is 10.0 Å². The quantitative estimate of drug-likeness (QED) is 0.335. The number of ether oxygens (including phenoxy) is 2. The minimum Gasteiger partial charge on any atom is -0.497 e. The molecule has 11 nitrogen and oxygen atoms in total. The molecular weight excluding hydrogens is 572 g/mol. The van der Waals surface area contributed by atoms with Crippen LogP contribution in [0.4, 0.5) is 16.2 Å². The highest BCUT2D eigenvalue weighted by Crippen LogP contribution is 2.30. The van der Waals surface area contributed by atoms with E-state index in [4.69, 9.17) is 9.47 Å². The zero-order chi connectivity index (χ0) is 31.1. The SMILES string of the molecule is COc1ccc(NC(=O)N(C)C[C@@H]2Oc3ccc(NS(=O)(=O)c4ccccc4)cc3CC(=O)N([C@@H](C)CO)C[C@@H]2C)cc1. The van der Waals surface area contributed by atoms with Crippen LogP contribution in [0, 0.1) is 5.92 Å². The number of urea groups is 1. The van der Waals surface area contributed by atoms with E-state index in [1.54, 1.807) is 86.6 Å². The van der Waals surface area contributed by atoms with Crippen molar-refractivity contribution in [2.45, 2.75) is 37.3 Å². The number of nitrogens with zero attached hydrogens (tertiary/aromatic N) is 2. The standard InChI is InChI=1S/C31H38N4O7S/c1-21-18-35(22(2)20-36)30(37)17-23-16-25(33-43(39,40)27-8-6-5-7-9-27)12-15-28(23)42-29(21)19-34(3)31(38)32-24-10-13-26(41-4)14-11-24/h5-16,21-22,29,33,36H,17-20H2,1-4H3,(H,32,38)/t21-,22-,29-/m0/s1. The van der Waals surface area contributed by atoms with Gasteiger partial charge in [-0.15, -0.1) is 0 Å². The van der Waals surface area contributed by atoms with Crippen LogP contribution in [-0.4, -0.2) is 81.3 Å². The highest BCUT2D eigenvalue weighted by atomic mass is 32.2. The Balaban J connectivity index is 1.59. The molecule has 0 saturated carbocycles. The maximum atomic E-state index is 13.5. The van der Waals surface area contributed by atoms with E-state index in [1.165, 1.54) is 17.0 Å². The summed E-state index contributed by atoms with van der Waals surface area (Å²) >= 11 is 0. The van der Waals surface area contributed by atoms with Crippen LogP contribution in [0.25, 0.3) is 0 Å². The fraction of sp³-hybridized carbons (Fsp3) is 0.355. The molecule has 0 fully saturated rings. The van der Waals surface area contributed by atoms with E-state index in [1.807, 2.05) is 6.92 Å². The molecule has 4 rings (SSSR count). The Bertz CT molecular complexity index is 1520. The van der Waals surface area contributed by atoms with Crippen molar-refractivity contribution in [1.82, 2.24) is 9.80 Å². The van der Waals surface area contributed by atoms with Crippen molar-refractivity contribution >= 4 is 33.3 Å². The number of methoxy groups -OCH3 is 1. The van der Waals surface area contributed by atoms with Crippen molar-refractivity contribution in [2.24, 2.45) is 5.92 Å². The molecule has 0 spiro atoms. The maximum Gasteiger partial charge on any atom is 0.321 e. The number of rotatable bonds is 9. The van der Waals surface area contributed by atoms with E-state index in [0.29, 0.717) is 29.3 Å². The molecule has 43 heavy (non-hydrogen) atoms. The van der Waals surface area contributed by atoms with Crippen LogP contribution in [0.15, 0.2) is 77.7 Å². The third-order valence-electron chi connectivity index (χ3n) is 7.36. The highest BCUT2D eigenvalue weighted by molar-refractivity contribution is 7.92. The van der Waals surface area contributed by atoms with Gasteiger partial charge in [0, 0.05) is 36.4 Å². The molecule has 3 aromatic carbocycles. The molecule has 12 heteroatoms. The van der Waals surface area contributed by atoms with Gasteiger partial charge in [-0.25, -0.2) is 13.2 Å². The lowest BCUT2D eigenvalue weighted by Gasteiger charge is -2.34. The number of aliphatic hydroxyl groups is 1. The number of carbonyl (C=O) groups is 2. The van der Waals surface area contributed by atoms with Gasteiger partial charge in [0.1, 0.15) is 17.6 Å². The van der Waals surface area contributed by atoms with Gasteiger partial charge < -0.3 is 29.7 Å². The summed E-state index contributed by atoms with van der Waals surface area (Å²) < 4.78 is 40.1. The van der Waals surface area contributed by atoms with Crippen LogP contribution in [0.5, 0.6) is 11.5 Å². The monoisotopic (exact) mass is 610 g/mol. The average Bonchev–Trinajstić information content (AvgIpc) is 3.04. The number of nitrogens with one attached hydrogen (secondary N) is 2. The fourth-order valence-electron chi connectivity index (χ4n) is 4.77. The molecular formula is C31H38N4O7S. The van der Waals surface area contributed by atoms with Crippen LogP contribution in [0.1, 0.15) is 19.4 Å². The van der Waals surface area contributed by atoms with Gasteiger partial charge in [-0.3, -0.25) is 9.52 Å². The Morgan fingerprint density at radius 3 is 2.44 bits per heavy atom. The Morgan fingerprint density at radius 2 is 1.79 bits per heavy atom. The van der Waals surface area contributed by atoms with Gasteiger partial charge >= 0.3 is 6.03 Å². The first-order chi connectivity index (χ1) is 20.5. The Morgan fingerprint density at radius 1 is 1.12 bits per heavy atom. The number of anilines is 2. The molecule has 3 atom stereocenters. The Hall–Kier alpha value is -4.29. The molecule has 1 aliphatic heterocycles. The number of amides is 3. The van der Waals surface area contributed by atoms with Gasteiger partial charge in [0.05, 0.1) is 37.6 Å². The van der Waals surface area contributed by atoms with Crippen LogP contribution < -0.4 is 19.5 Å². The molecule has 0 aliphatic carbocycles. The number of likely N-dealkylation sites (N-methyl/N-ethyl adjacent to an activating group) is 1. The van der Waals surface area contributed by atoms with E-state index >= 15 is 0 Å². The molecule has 0 saturated heterocycles. The summed E-state index contributed by atoms with van der Waals surface area (Å²) in [5.41, 5.74) is 1.36. The molecule has 0 unspecified atom stereocenters. The smallest absolute Gasteiger partial charge is 0.321 e. The molecule has 230 valence electrons. The summed E-state index contributed by atoms with van der Waals surface area (Å²) in [7, 11) is -0.634. The number of benzene rings is 3. The van der Waals surface area contributed by atoms with Gasteiger partial charge in [-0.05, 0) is 61.5 Å². The molecule has 1 aliphatic rings. The highest BCUT2D eigenvalue weighted by Gasteiger charge is 2.32. The minimum absolute atomic E-state index is 0.0617. The van der Waals surface area contributed by atoms with Crippen LogP contribution in [0.2, 0.25) is 0 Å². The van der Waals surface area contributed by atoms with Crippen molar-refractivity contribution in [3.8, 4) is 11.5 Å². The predicted octanol–water partition coefficient (Wildman–Crippen LogP) is 3.81.